The van der Waals surface area contributed by atoms with Gasteiger partial charge in [0.25, 0.3) is 0 Å². The summed E-state index contributed by atoms with van der Waals surface area (Å²) < 4.78 is 4.71. The highest BCUT2D eigenvalue weighted by atomic mass is 16.5. The summed E-state index contributed by atoms with van der Waals surface area (Å²) in [5.41, 5.74) is 0. The van der Waals surface area contributed by atoms with Gasteiger partial charge in [0.1, 0.15) is 0 Å². The van der Waals surface area contributed by atoms with Gasteiger partial charge in [-0.2, -0.15) is 0 Å². The lowest BCUT2D eigenvalue weighted by molar-refractivity contribution is -0.136. The SMILES string of the molecule is C=CCCCCCCCCCC#CC(=O)OCC. The van der Waals surface area contributed by atoms with E-state index in [1.807, 2.05) is 6.08 Å². The largest absolute Gasteiger partial charge is 0.456 e. The number of hydrogen-bond acceptors (Lipinski definition) is 2. The van der Waals surface area contributed by atoms with Crippen LogP contribution in [0.25, 0.3) is 0 Å². The monoisotopic (exact) mass is 250 g/mol. The molecule has 0 unspecified atom stereocenters. The number of carbonyl (C=O) groups is 1. The van der Waals surface area contributed by atoms with Gasteiger partial charge in [0, 0.05) is 12.3 Å². The summed E-state index contributed by atoms with van der Waals surface area (Å²) >= 11 is 0. The van der Waals surface area contributed by atoms with Crippen LogP contribution in [0.4, 0.5) is 0 Å². The van der Waals surface area contributed by atoms with Crippen molar-refractivity contribution in [1.82, 2.24) is 0 Å². The van der Waals surface area contributed by atoms with Crippen LogP contribution in [-0.4, -0.2) is 12.6 Å². The Hall–Kier alpha value is -1.23. The van der Waals surface area contributed by atoms with E-state index in [0.717, 1.165) is 19.3 Å². The molecule has 0 aromatic rings. The first-order valence-electron chi connectivity index (χ1n) is 7.07. The average molecular weight is 250 g/mol. The van der Waals surface area contributed by atoms with Gasteiger partial charge in [-0.3, -0.25) is 0 Å². The minimum Gasteiger partial charge on any atom is -0.456 e. The lowest BCUT2D eigenvalue weighted by Gasteiger charge is -1.99. The molecule has 0 rings (SSSR count). The number of hydrogen-bond donors (Lipinski definition) is 0. The molecule has 0 saturated carbocycles. The molecule has 0 aliphatic carbocycles. The summed E-state index contributed by atoms with van der Waals surface area (Å²) in [6, 6.07) is 0. The van der Waals surface area contributed by atoms with Crippen LogP contribution < -0.4 is 0 Å². The van der Waals surface area contributed by atoms with Crippen LogP contribution in [0.2, 0.25) is 0 Å². The van der Waals surface area contributed by atoms with Crippen molar-refractivity contribution in [2.24, 2.45) is 0 Å². The van der Waals surface area contributed by atoms with Gasteiger partial charge in [-0.25, -0.2) is 4.79 Å². The molecule has 0 amide bonds. The number of ether oxygens (including phenoxy) is 1. The van der Waals surface area contributed by atoms with Crippen LogP contribution in [0.15, 0.2) is 12.7 Å². The second kappa shape index (κ2) is 13.8. The van der Waals surface area contributed by atoms with Crippen molar-refractivity contribution in [2.45, 2.75) is 64.7 Å². The van der Waals surface area contributed by atoms with E-state index in [9.17, 15) is 4.79 Å². The van der Waals surface area contributed by atoms with Gasteiger partial charge in [0.05, 0.1) is 6.61 Å². The third-order valence-corrected chi connectivity index (χ3v) is 2.68. The fraction of sp³-hybridized carbons (Fsp3) is 0.688. The van der Waals surface area contributed by atoms with Crippen molar-refractivity contribution in [3.05, 3.63) is 12.7 Å². The normalized spacial score (nSPS) is 9.39. The van der Waals surface area contributed by atoms with E-state index in [0.29, 0.717) is 6.61 Å². The molecule has 0 aromatic heterocycles. The first-order chi connectivity index (χ1) is 8.81. The molecule has 0 aliphatic heterocycles. The summed E-state index contributed by atoms with van der Waals surface area (Å²) in [4.78, 5) is 10.9. The maximum Gasteiger partial charge on any atom is 0.384 e. The molecule has 0 heterocycles. The van der Waals surface area contributed by atoms with Crippen LogP contribution >= 0.6 is 0 Å². The Balaban J connectivity index is 3.20. The molecule has 0 saturated heterocycles. The molecular formula is C16H26O2. The fourth-order valence-electron chi connectivity index (χ4n) is 1.69. The molecule has 0 radical (unpaired) electrons. The topological polar surface area (TPSA) is 26.3 Å². The molecule has 102 valence electrons. The van der Waals surface area contributed by atoms with Gasteiger partial charge >= 0.3 is 5.97 Å². The molecule has 0 aliphatic rings. The quantitative estimate of drug-likeness (QED) is 0.190. The van der Waals surface area contributed by atoms with E-state index in [2.05, 4.69) is 18.4 Å². The number of esters is 1. The second-order valence-corrected chi connectivity index (χ2v) is 4.32. The Kier molecular flexibility index (Phi) is 12.9. The van der Waals surface area contributed by atoms with Gasteiger partial charge in [-0.05, 0) is 26.2 Å². The van der Waals surface area contributed by atoms with E-state index in [4.69, 9.17) is 4.74 Å². The fourth-order valence-corrected chi connectivity index (χ4v) is 1.69. The number of carbonyl (C=O) groups excluding carboxylic acids is 1. The molecule has 0 aromatic carbocycles. The lowest BCUT2D eigenvalue weighted by atomic mass is 10.1. The maximum atomic E-state index is 10.9. The molecule has 2 heteroatoms. The summed E-state index contributed by atoms with van der Waals surface area (Å²) in [5, 5.41) is 0. The second-order valence-electron chi connectivity index (χ2n) is 4.32. The predicted octanol–water partition coefficient (Wildman–Crippen LogP) is 4.25. The lowest BCUT2D eigenvalue weighted by Crippen LogP contribution is -1.99. The van der Waals surface area contributed by atoms with E-state index >= 15 is 0 Å². The Morgan fingerprint density at radius 1 is 1.11 bits per heavy atom. The molecule has 18 heavy (non-hydrogen) atoms. The third kappa shape index (κ3) is 12.8. The maximum absolute atomic E-state index is 10.9. The number of unbranched alkanes of at least 4 members (excludes halogenated alkanes) is 8. The van der Waals surface area contributed by atoms with Crippen molar-refractivity contribution < 1.29 is 9.53 Å². The van der Waals surface area contributed by atoms with Crippen molar-refractivity contribution in [2.75, 3.05) is 6.61 Å². The zero-order valence-corrected chi connectivity index (χ0v) is 11.7. The Labute approximate surface area is 112 Å². The molecule has 0 fully saturated rings. The minimum absolute atomic E-state index is 0.402. The zero-order chi connectivity index (χ0) is 13.5. The van der Waals surface area contributed by atoms with Crippen LogP contribution in [0.5, 0.6) is 0 Å². The molecule has 2 nitrogen and oxygen atoms in total. The molecular weight excluding hydrogens is 224 g/mol. The van der Waals surface area contributed by atoms with Crippen LogP contribution in [0.1, 0.15) is 64.7 Å². The van der Waals surface area contributed by atoms with Crippen molar-refractivity contribution in [1.29, 1.82) is 0 Å². The van der Waals surface area contributed by atoms with E-state index in [1.165, 1.54) is 38.5 Å². The molecule has 0 N–H and O–H groups in total. The van der Waals surface area contributed by atoms with Crippen molar-refractivity contribution in [3.8, 4) is 11.8 Å². The van der Waals surface area contributed by atoms with E-state index in [-0.39, 0.29) is 0 Å². The van der Waals surface area contributed by atoms with Gasteiger partial charge in [0.15, 0.2) is 0 Å². The summed E-state index contributed by atoms with van der Waals surface area (Å²) in [5.74, 6) is 4.94. The van der Waals surface area contributed by atoms with Crippen LogP contribution in [-0.2, 0) is 9.53 Å². The van der Waals surface area contributed by atoms with Gasteiger partial charge in [-0.1, -0.05) is 44.1 Å². The minimum atomic E-state index is -0.403. The van der Waals surface area contributed by atoms with Crippen molar-refractivity contribution >= 4 is 5.97 Å². The summed E-state index contributed by atoms with van der Waals surface area (Å²) in [6.07, 6.45) is 12.7. The molecule has 0 atom stereocenters. The van der Waals surface area contributed by atoms with E-state index in [1.54, 1.807) is 6.92 Å². The number of allylic oxidation sites excluding steroid dienone is 1. The van der Waals surface area contributed by atoms with Gasteiger partial charge in [0.2, 0.25) is 0 Å². The summed E-state index contributed by atoms with van der Waals surface area (Å²) in [6.45, 7) is 5.90. The predicted molar refractivity (Wildman–Crippen MR) is 76.2 cm³/mol. The highest BCUT2D eigenvalue weighted by Crippen LogP contribution is 2.09. The highest BCUT2D eigenvalue weighted by Gasteiger charge is 1.92. The zero-order valence-electron chi connectivity index (χ0n) is 11.7. The average Bonchev–Trinajstić information content (AvgIpc) is 2.36. The Bertz CT molecular complexity index is 271. The Morgan fingerprint density at radius 3 is 2.33 bits per heavy atom. The molecule has 0 spiro atoms. The first-order valence-corrected chi connectivity index (χ1v) is 7.07. The standard InChI is InChI=1S/C16H26O2/c1-3-5-6-7-8-9-10-11-12-13-14-15-16(17)18-4-2/h3H,1,4-13H2,2H3. The highest BCUT2D eigenvalue weighted by molar-refractivity contribution is 5.88. The van der Waals surface area contributed by atoms with Gasteiger partial charge < -0.3 is 4.74 Å². The van der Waals surface area contributed by atoms with Crippen molar-refractivity contribution in [3.63, 3.8) is 0 Å². The summed E-state index contributed by atoms with van der Waals surface area (Å²) in [7, 11) is 0. The van der Waals surface area contributed by atoms with Crippen LogP contribution in [0.3, 0.4) is 0 Å². The third-order valence-electron chi connectivity index (χ3n) is 2.68. The first kappa shape index (κ1) is 16.8. The van der Waals surface area contributed by atoms with Gasteiger partial charge in [-0.15, -0.1) is 6.58 Å². The number of rotatable bonds is 10. The molecule has 0 bridgehead atoms. The van der Waals surface area contributed by atoms with Crippen LogP contribution in [0, 0.1) is 11.8 Å². The van der Waals surface area contributed by atoms with E-state index < -0.39 is 5.97 Å². The Morgan fingerprint density at radius 2 is 1.72 bits per heavy atom. The smallest absolute Gasteiger partial charge is 0.384 e.